The summed E-state index contributed by atoms with van der Waals surface area (Å²) < 4.78 is 28.7. The lowest BCUT2D eigenvalue weighted by atomic mass is 9.72. The van der Waals surface area contributed by atoms with E-state index in [0.717, 1.165) is 67.8 Å². The molecule has 278 valence electrons. The van der Waals surface area contributed by atoms with Gasteiger partial charge in [-0.3, -0.25) is 14.6 Å². The second-order valence-electron chi connectivity index (χ2n) is 14.7. The Kier molecular flexibility index (Phi) is 10.8. The van der Waals surface area contributed by atoms with Crippen LogP contribution in [0.2, 0.25) is 0 Å². The molecule has 0 aliphatic carbocycles. The monoisotopic (exact) mass is 711 g/mol. The number of ether oxygens (including phenoxy) is 5. The van der Waals surface area contributed by atoms with Gasteiger partial charge in [0, 0.05) is 32.2 Å². The lowest BCUT2D eigenvalue weighted by Gasteiger charge is -2.49. The number of benzene rings is 3. The molecule has 0 spiro atoms. The maximum atomic E-state index is 14.8. The van der Waals surface area contributed by atoms with Crippen molar-refractivity contribution in [3.05, 3.63) is 82.4 Å². The van der Waals surface area contributed by atoms with Crippen LogP contribution in [0.1, 0.15) is 78.9 Å². The Balaban J connectivity index is 1.19. The Morgan fingerprint density at radius 2 is 1.38 bits per heavy atom. The van der Waals surface area contributed by atoms with Crippen molar-refractivity contribution < 1.29 is 33.3 Å². The van der Waals surface area contributed by atoms with Crippen LogP contribution in [0, 0.1) is 11.8 Å². The van der Waals surface area contributed by atoms with Crippen LogP contribution in [0.4, 0.5) is 4.79 Å². The predicted molar refractivity (Wildman–Crippen MR) is 198 cm³/mol. The number of amides is 2. The Morgan fingerprint density at radius 1 is 0.750 bits per heavy atom. The summed E-state index contributed by atoms with van der Waals surface area (Å²) in [6, 6.07) is 17.7. The molecule has 4 aliphatic heterocycles. The summed E-state index contributed by atoms with van der Waals surface area (Å²) in [5.74, 6) is 3.75. The largest absolute Gasteiger partial charge is 0.493 e. The molecule has 4 aliphatic rings. The first-order chi connectivity index (χ1) is 25.4. The van der Waals surface area contributed by atoms with E-state index < -0.39 is 12.1 Å². The minimum absolute atomic E-state index is 0.00456. The van der Waals surface area contributed by atoms with Crippen molar-refractivity contribution in [3.63, 3.8) is 0 Å². The molecule has 52 heavy (non-hydrogen) atoms. The van der Waals surface area contributed by atoms with Crippen LogP contribution in [-0.2, 0) is 29.0 Å². The van der Waals surface area contributed by atoms with Crippen LogP contribution in [0.25, 0.3) is 0 Å². The summed E-state index contributed by atoms with van der Waals surface area (Å²) in [5, 5.41) is 0. The van der Waals surface area contributed by atoms with E-state index in [0.29, 0.717) is 49.3 Å². The quantitative estimate of drug-likeness (QED) is 0.223. The average Bonchev–Trinajstić information content (AvgIpc) is 3.69. The van der Waals surface area contributed by atoms with Crippen molar-refractivity contribution in [1.82, 2.24) is 14.7 Å². The van der Waals surface area contributed by atoms with Gasteiger partial charge in [-0.15, -0.1) is 0 Å². The number of piperidine rings is 1. The fourth-order valence-corrected chi connectivity index (χ4v) is 9.32. The highest BCUT2D eigenvalue weighted by Gasteiger charge is 2.45. The molecular formula is C42H53N3O7. The molecule has 2 amide bonds. The highest BCUT2D eigenvalue weighted by Crippen LogP contribution is 2.49. The van der Waals surface area contributed by atoms with Gasteiger partial charge in [-0.2, -0.15) is 0 Å². The Hall–Kier alpha value is -4.44. The third kappa shape index (κ3) is 6.89. The molecule has 4 heterocycles. The van der Waals surface area contributed by atoms with E-state index >= 15 is 0 Å². The minimum Gasteiger partial charge on any atom is -0.493 e. The van der Waals surface area contributed by atoms with Crippen molar-refractivity contribution in [1.29, 1.82) is 0 Å². The van der Waals surface area contributed by atoms with Gasteiger partial charge in [0.25, 0.3) is 0 Å². The summed E-state index contributed by atoms with van der Waals surface area (Å²) in [7, 11) is 6.72. The molecule has 10 heteroatoms. The van der Waals surface area contributed by atoms with Gasteiger partial charge in [-0.1, -0.05) is 43.7 Å². The zero-order valence-electron chi connectivity index (χ0n) is 31.3. The Bertz CT molecular complexity index is 1750. The summed E-state index contributed by atoms with van der Waals surface area (Å²) in [4.78, 5) is 34.6. The highest BCUT2D eigenvalue weighted by atomic mass is 16.6. The lowest BCUT2D eigenvalue weighted by molar-refractivity contribution is -0.139. The van der Waals surface area contributed by atoms with Crippen LogP contribution in [0.15, 0.2) is 54.6 Å². The van der Waals surface area contributed by atoms with E-state index in [9.17, 15) is 9.59 Å². The van der Waals surface area contributed by atoms with Gasteiger partial charge in [-0.05, 0) is 102 Å². The van der Waals surface area contributed by atoms with E-state index in [1.807, 2.05) is 30.3 Å². The number of hydrogen-bond donors (Lipinski definition) is 0. The number of hydrogen-bond acceptors (Lipinski definition) is 8. The maximum Gasteiger partial charge on any atom is 0.410 e. The number of nitrogens with zero attached hydrogens (tertiary/aromatic N) is 3. The molecule has 0 radical (unpaired) electrons. The molecule has 2 saturated heterocycles. The molecule has 5 atom stereocenters. The van der Waals surface area contributed by atoms with E-state index in [-0.39, 0.29) is 24.6 Å². The summed E-state index contributed by atoms with van der Waals surface area (Å²) in [6.45, 7) is 5.60. The summed E-state index contributed by atoms with van der Waals surface area (Å²) in [5.41, 5.74) is 5.86. The number of carbonyl (C=O) groups is 2. The number of fused-ring (bicyclic) bond motifs is 4. The first kappa shape index (κ1) is 35.9. The molecule has 7 rings (SSSR count). The first-order valence-corrected chi connectivity index (χ1v) is 18.9. The van der Waals surface area contributed by atoms with Crippen LogP contribution < -0.4 is 18.9 Å². The van der Waals surface area contributed by atoms with Crippen molar-refractivity contribution in [2.45, 2.75) is 76.6 Å². The van der Waals surface area contributed by atoms with E-state index in [1.54, 1.807) is 33.3 Å². The van der Waals surface area contributed by atoms with Crippen LogP contribution in [-0.4, -0.2) is 87.4 Å². The predicted octanol–water partition coefficient (Wildman–Crippen LogP) is 6.98. The molecule has 0 aromatic heterocycles. The zero-order chi connectivity index (χ0) is 36.4. The number of rotatable bonds is 10. The van der Waals surface area contributed by atoms with Crippen molar-refractivity contribution >= 4 is 12.0 Å². The van der Waals surface area contributed by atoms with Gasteiger partial charge in [0.15, 0.2) is 23.0 Å². The smallest absolute Gasteiger partial charge is 0.410 e. The number of carbonyl (C=O) groups excluding carboxylic acids is 2. The molecule has 3 aromatic rings. The Morgan fingerprint density at radius 3 is 2.06 bits per heavy atom. The molecule has 10 nitrogen and oxygen atoms in total. The van der Waals surface area contributed by atoms with Gasteiger partial charge >= 0.3 is 6.09 Å². The van der Waals surface area contributed by atoms with Crippen LogP contribution in [0.3, 0.4) is 0 Å². The lowest BCUT2D eigenvalue weighted by Crippen LogP contribution is -2.52. The molecule has 0 bridgehead atoms. The Labute approximate surface area is 307 Å². The SMILES string of the molecule is CC[C@H]1CN2CCc3cc(OC)c(OC)cc3[C@@H]2C[C@@H]1C[C@@H]1c2cc(OC)c(OC)cc2CCN1C(=O)C1CCCN1C(=O)OCc1ccccc1. The first-order valence-electron chi connectivity index (χ1n) is 18.9. The van der Waals surface area contributed by atoms with Crippen molar-refractivity contribution in [2.24, 2.45) is 11.8 Å². The average molecular weight is 712 g/mol. The molecular weight excluding hydrogens is 658 g/mol. The molecule has 0 N–H and O–H groups in total. The second kappa shape index (κ2) is 15.7. The third-order valence-corrected chi connectivity index (χ3v) is 12.1. The highest BCUT2D eigenvalue weighted by molar-refractivity contribution is 5.87. The van der Waals surface area contributed by atoms with Gasteiger partial charge in [0.1, 0.15) is 12.6 Å². The fraction of sp³-hybridized carbons (Fsp3) is 0.524. The van der Waals surface area contributed by atoms with Crippen molar-refractivity contribution in [3.8, 4) is 23.0 Å². The molecule has 2 fully saturated rings. The molecule has 0 saturated carbocycles. The fourth-order valence-electron chi connectivity index (χ4n) is 9.32. The summed E-state index contributed by atoms with van der Waals surface area (Å²) >= 11 is 0. The van der Waals surface area contributed by atoms with Gasteiger partial charge in [0.05, 0.1) is 34.5 Å². The van der Waals surface area contributed by atoms with Gasteiger partial charge in [0.2, 0.25) is 5.91 Å². The van der Waals surface area contributed by atoms with Crippen LogP contribution >= 0.6 is 0 Å². The maximum absolute atomic E-state index is 14.8. The summed E-state index contributed by atoms with van der Waals surface area (Å²) in [6.07, 6.45) is 5.53. The van der Waals surface area contributed by atoms with Gasteiger partial charge < -0.3 is 28.6 Å². The third-order valence-electron chi connectivity index (χ3n) is 12.1. The zero-order valence-corrected chi connectivity index (χ0v) is 31.3. The molecule has 3 aromatic carbocycles. The number of methoxy groups -OCH3 is 4. The molecule has 1 unspecified atom stereocenters. The van der Waals surface area contributed by atoms with E-state index in [4.69, 9.17) is 23.7 Å². The topological polar surface area (TPSA) is 90.0 Å². The van der Waals surface area contributed by atoms with E-state index in [2.05, 4.69) is 41.0 Å². The van der Waals surface area contributed by atoms with Crippen LogP contribution in [0.5, 0.6) is 23.0 Å². The second-order valence-corrected chi connectivity index (χ2v) is 14.7. The minimum atomic E-state index is -0.552. The van der Waals surface area contributed by atoms with E-state index in [1.165, 1.54) is 16.7 Å². The number of likely N-dealkylation sites (tertiary alicyclic amines) is 1. The van der Waals surface area contributed by atoms with Gasteiger partial charge in [-0.25, -0.2) is 4.79 Å². The van der Waals surface area contributed by atoms with Crippen molar-refractivity contribution in [2.75, 3.05) is 54.6 Å². The standard InChI is InChI=1S/C42H53N3O7/c1-6-28-25-43-17-14-29-21-37(48-2)39(50-4)23-32(29)35(43)19-31(28)20-36-33-24-40(51-5)38(49-3)22-30(33)15-18-44(36)41(46)34-13-10-16-45(34)42(47)52-26-27-11-8-7-9-12-27/h7-9,11-12,21-24,28,31,34-36H,6,10,13-20,25-26H2,1-5H3/t28-,31+,34?,35-,36+/m0/s1. The normalized spacial score (nSPS) is 24.0.